The van der Waals surface area contributed by atoms with Crippen LogP contribution in [0.4, 0.5) is 13.2 Å². The Bertz CT molecular complexity index is 767. The highest BCUT2D eigenvalue weighted by atomic mass is 19.4. The fourth-order valence-electron chi connectivity index (χ4n) is 6.74. The van der Waals surface area contributed by atoms with Crippen molar-refractivity contribution in [1.82, 2.24) is 0 Å². The lowest BCUT2D eigenvalue weighted by atomic mass is 9.45. The number of hydrogen-bond donors (Lipinski definition) is 1. The molecule has 3 saturated carbocycles. The molecule has 1 N–H and O–H groups in total. The van der Waals surface area contributed by atoms with Gasteiger partial charge < -0.3 is 5.11 Å². The zero-order valence-electron chi connectivity index (χ0n) is 15.6. The molecular weight excluding hydrogens is 357 g/mol. The summed E-state index contributed by atoms with van der Waals surface area (Å²) in [6.07, 6.45) is 0.975. The normalized spacial score (nSPS) is 46.6. The summed E-state index contributed by atoms with van der Waals surface area (Å²) in [5, 5.41) is 11.2. The van der Waals surface area contributed by atoms with Crippen LogP contribution in [0.15, 0.2) is 23.8 Å². The smallest absolute Gasteiger partial charge is 0.385 e. The summed E-state index contributed by atoms with van der Waals surface area (Å²) < 4.78 is 40.1. The molecule has 0 radical (unpaired) electrons. The number of ketones is 2. The van der Waals surface area contributed by atoms with Crippen molar-refractivity contribution in [3.8, 4) is 0 Å². The summed E-state index contributed by atoms with van der Waals surface area (Å²) >= 11 is 0. The van der Waals surface area contributed by atoms with Crippen LogP contribution in [-0.4, -0.2) is 28.5 Å². The molecule has 0 aromatic rings. The molecule has 3 nitrogen and oxygen atoms in total. The molecule has 0 spiro atoms. The van der Waals surface area contributed by atoms with Crippen molar-refractivity contribution in [1.29, 1.82) is 0 Å². The SMILES string of the molecule is C[C@]12C=CC(=O)C=C1C(O)(CC(F)(F)F)C[C@@H]1[C@@H]2CC[C@]2(C)C(=O)CC[C@@H]12. The van der Waals surface area contributed by atoms with E-state index in [1.807, 2.05) is 13.8 Å². The van der Waals surface area contributed by atoms with Crippen molar-refractivity contribution in [2.75, 3.05) is 0 Å². The summed E-state index contributed by atoms with van der Waals surface area (Å²) in [5.74, 6) is -0.314. The van der Waals surface area contributed by atoms with Gasteiger partial charge in [0.15, 0.2) is 5.78 Å². The Kier molecular flexibility index (Phi) is 3.89. The largest absolute Gasteiger partial charge is 0.392 e. The number of allylic oxidation sites excluding steroid dienone is 3. The molecule has 148 valence electrons. The number of halogens is 3. The van der Waals surface area contributed by atoms with E-state index < -0.39 is 29.0 Å². The zero-order chi connectivity index (χ0) is 19.8. The van der Waals surface area contributed by atoms with E-state index in [9.17, 15) is 27.9 Å². The third-order valence-corrected chi connectivity index (χ3v) is 7.94. The van der Waals surface area contributed by atoms with Crippen molar-refractivity contribution in [3.63, 3.8) is 0 Å². The Morgan fingerprint density at radius 2 is 1.89 bits per heavy atom. The molecule has 0 bridgehead atoms. The minimum absolute atomic E-state index is 0.00656. The maximum atomic E-state index is 13.4. The predicted octanol–water partition coefficient (Wildman–Crippen LogP) is 4.16. The van der Waals surface area contributed by atoms with E-state index >= 15 is 0 Å². The third kappa shape index (κ3) is 2.66. The van der Waals surface area contributed by atoms with Crippen molar-refractivity contribution in [2.24, 2.45) is 28.6 Å². The Morgan fingerprint density at radius 3 is 2.56 bits per heavy atom. The van der Waals surface area contributed by atoms with Gasteiger partial charge in [0.25, 0.3) is 0 Å². The lowest BCUT2D eigenvalue weighted by Gasteiger charge is -2.60. The van der Waals surface area contributed by atoms with Crippen LogP contribution in [-0.2, 0) is 9.59 Å². The third-order valence-electron chi connectivity index (χ3n) is 7.94. The first kappa shape index (κ1) is 18.9. The number of Topliss-reactive ketones (excluding diaryl/α,β-unsaturated/α-hetero) is 1. The Labute approximate surface area is 156 Å². The molecule has 3 fully saturated rings. The van der Waals surface area contributed by atoms with Gasteiger partial charge in [-0.05, 0) is 61.2 Å². The molecular formula is C21H25F3O3. The molecule has 0 saturated heterocycles. The second-order valence-corrected chi connectivity index (χ2v) is 9.40. The molecule has 0 aliphatic heterocycles. The van der Waals surface area contributed by atoms with E-state index in [0.29, 0.717) is 12.8 Å². The molecule has 4 rings (SSSR count). The van der Waals surface area contributed by atoms with Crippen LogP contribution in [0.3, 0.4) is 0 Å². The van der Waals surface area contributed by atoms with Gasteiger partial charge in [0, 0.05) is 17.3 Å². The first-order valence-corrected chi connectivity index (χ1v) is 9.67. The van der Waals surface area contributed by atoms with Crippen LogP contribution in [0.1, 0.15) is 52.4 Å². The van der Waals surface area contributed by atoms with Crippen LogP contribution < -0.4 is 0 Å². The summed E-state index contributed by atoms with van der Waals surface area (Å²) in [6.45, 7) is 3.79. The quantitative estimate of drug-likeness (QED) is 0.741. The van der Waals surface area contributed by atoms with Gasteiger partial charge in [-0.1, -0.05) is 19.9 Å². The molecule has 0 amide bonds. The molecule has 0 heterocycles. The van der Waals surface area contributed by atoms with Gasteiger partial charge in [-0.25, -0.2) is 0 Å². The fourth-order valence-corrected chi connectivity index (χ4v) is 6.74. The van der Waals surface area contributed by atoms with E-state index in [2.05, 4.69) is 0 Å². The van der Waals surface area contributed by atoms with E-state index in [-0.39, 0.29) is 41.3 Å². The number of carbonyl (C=O) groups is 2. The molecule has 0 aromatic carbocycles. The molecule has 4 aliphatic carbocycles. The van der Waals surface area contributed by atoms with Gasteiger partial charge in [0.2, 0.25) is 0 Å². The first-order chi connectivity index (χ1) is 12.4. The van der Waals surface area contributed by atoms with E-state index in [1.165, 1.54) is 12.2 Å². The standard InChI is InChI=1S/C21H25F3O3/c1-18-7-5-12(25)9-16(18)20(27,11-21(22,23)24)10-13-14-3-4-17(26)19(14,2)8-6-15(13)18/h5,7,9,13-15,27H,3-4,6,8,10-11H2,1-2H3/t13-,14-,15-,18+,19-,20?/m0/s1. The number of hydrogen-bond acceptors (Lipinski definition) is 3. The molecule has 0 aromatic heterocycles. The number of rotatable bonds is 1. The van der Waals surface area contributed by atoms with Gasteiger partial charge in [0.05, 0.1) is 12.0 Å². The Hall–Kier alpha value is -1.43. The minimum Gasteiger partial charge on any atom is -0.385 e. The van der Waals surface area contributed by atoms with Crippen LogP contribution in [0, 0.1) is 28.6 Å². The lowest BCUT2D eigenvalue weighted by Crippen LogP contribution is -2.58. The summed E-state index contributed by atoms with van der Waals surface area (Å²) in [7, 11) is 0. The second-order valence-electron chi connectivity index (χ2n) is 9.40. The van der Waals surface area contributed by atoms with Gasteiger partial charge in [-0.2, -0.15) is 13.2 Å². The van der Waals surface area contributed by atoms with Gasteiger partial charge >= 0.3 is 6.18 Å². The molecule has 27 heavy (non-hydrogen) atoms. The topological polar surface area (TPSA) is 54.4 Å². The molecule has 1 unspecified atom stereocenters. The second kappa shape index (κ2) is 5.56. The Balaban J connectivity index is 1.82. The van der Waals surface area contributed by atoms with Crippen LogP contribution in [0.2, 0.25) is 0 Å². The predicted molar refractivity (Wildman–Crippen MR) is 92.6 cm³/mol. The average Bonchev–Trinajstić information content (AvgIpc) is 2.83. The number of aliphatic hydroxyl groups is 1. The highest BCUT2D eigenvalue weighted by Gasteiger charge is 2.64. The number of alkyl halides is 3. The average molecular weight is 382 g/mol. The summed E-state index contributed by atoms with van der Waals surface area (Å²) in [6, 6.07) is 0. The summed E-state index contributed by atoms with van der Waals surface area (Å²) in [5.41, 5.74) is -3.18. The minimum atomic E-state index is -4.54. The summed E-state index contributed by atoms with van der Waals surface area (Å²) in [4.78, 5) is 24.4. The zero-order valence-corrected chi connectivity index (χ0v) is 15.6. The van der Waals surface area contributed by atoms with Crippen molar-refractivity contribution in [3.05, 3.63) is 23.8 Å². The van der Waals surface area contributed by atoms with Crippen molar-refractivity contribution >= 4 is 11.6 Å². The van der Waals surface area contributed by atoms with Crippen LogP contribution in [0.25, 0.3) is 0 Å². The van der Waals surface area contributed by atoms with E-state index in [1.54, 1.807) is 6.08 Å². The Morgan fingerprint density at radius 1 is 1.19 bits per heavy atom. The first-order valence-electron chi connectivity index (χ1n) is 9.67. The van der Waals surface area contributed by atoms with Gasteiger partial charge in [-0.15, -0.1) is 0 Å². The van der Waals surface area contributed by atoms with Gasteiger partial charge in [-0.3, -0.25) is 9.59 Å². The highest BCUT2D eigenvalue weighted by molar-refractivity contribution is 6.01. The fraction of sp³-hybridized carbons (Fsp3) is 0.714. The maximum Gasteiger partial charge on any atom is 0.392 e. The molecule has 6 atom stereocenters. The molecule has 4 aliphatic rings. The lowest BCUT2D eigenvalue weighted by molar-refractivity contribution is -0.188. The monoisotopic (exact) mass is 382 g/mol. The van der Waals surface area contributed by atoms with Crippen LogP contribution >= 0.6 is 0 Å². The van der Waals surface area contributed by atoms with Gasteiger partial charge in [0.1, 0.15) is 5.78 Å². The van der Waals surface area contributed by atoms with E-state index in [4.69, 9.17) is 0 Å². The highest BCUT2D eigenvalue weighted by Crippen LogP contribution is 2.66. The van der Waals surface area contributed by atoms with Crippen molar-refractivity contribution in [2.45, 2.75) is 64.1 Å². The van der Waals surface area contributed by atoms with Crippen LogP contribution in [0.5, 0.6) is 0 Å². The number of fused-ring (bicyclic) bond motifs is 5. The maximum absolute atomic E-state index is 13.4. The van der Waals surface area contributed by atoms with E-state index in [0.717, 1.165) is 12.8 Å². The number of carbonyl (C=O) groups excluding carboxylic acids is 2. The molecule has 6 heteroatoms. The van der Waals surface area contributed by atoms with Crippen molar-refractivity contribution < 1.29 is 27.9 Å².